The van der Waals surface area contributed by atoms with Crippen LogP contribution < -0.4 is 5.56 Å². The Morgan fingerprint density at radius 2 is 1.93 bits per heavy atom. The van der Waals surface area contributed by atoms with Gasteiger partial charge in [0.15, 0.2) is 5.16 Å². The van der Waals surface area contributed by atoms with Crippen LogP contribution in [0.25, 0.3) is 10.2 Å². The Kier molecular flexibility index (Phi) is 6.68. The lowest BCUT2D eigenvalue weighted by molar-refractivity contribution is -0.134. The first-order valence-corrected chi connectivity index (χ1v) is 12.9. The van der Waals surface area contributed by atoms with E-state index < -0.39 is 0 Å². The molecule has 0 bridgehead atoms. The quantitative estimate of drug-likeness (QED) is 0.287. The zero-order chi connectivity index (χ0) is 21.3. The maximum Gasteiger partial charge on any atom is 0.263 e. The van der Waals surface area contributed by atoms with E-state index in [4.69, 9.17) is 4.98 Å². The third kappa shape index (κ3) is 4.11. The number of allylic oxidation sites excluding steroid dienone is 1. The van der Waals surface area contributed by atoms with Gasteiger partial charge in [0.25, 0.3) is 5.56 Å². The van der Waals surface area contributed by atoms with Gasteiger partial charge in [-0.1, -0.05) is 24.3 Å². The van der Waals surface area contributed by atoms with Crippen molar-refractivity contribution >= 4 is 39.2 Å². The van der Waals surface area contributed by atoms with E-state index in [0.717, 1.165) is 42.3 Å². The molecule has 7 heteroatoms. The summed E-state index contributed by atoms with van der Waals surface area (Å²) in [4.78, 5) is 35.4. The van der Waals surface area contributed by atoms with Crippen molar-refractivity contribution in [2.24, 2.45) is 0 Å². The molecule has 0 N–H and O–H groups in total. The molecular formula is C23H31N3O2S2. The lowest BCUT2D eigenvalue weighted by Gasteiger charge is -2.39. The highest BCUT2D eigenvalue weighted by Gasteiger charge is 2.29. The van der Waals surface area contributed by atoms with E-state index in [0.29, 0.717) is 17.5 Å². The van der Waals surface area contributed by atoms with E-state index in [9.17, 15) is 9.59 Å². The molecule has 3 heterocycles. The van der Waals surface area contributed by atoms with Crippen molar-refractivity contribution in [2.75, 3.05) is 5.75 Å². The summed E-state index contributed by atoms with van der Waals surface area (Å²) < 4.78 is 1.70. The third-order valence-corrected chi connectivity index (χ3v) is 8.55. The van der Waals surface area contributed by atoms with Gasteiger partial charge in [0.1, 0.15) is 4.83 Å². The smallest absolute Gasteiger partial charge is 0.263 e. The fourth-order valence-electron chi connectivity index (χ4n) is 4.91. The second-order valence-electron chi connectivity index (χ2n) is 8.56. The number of carbonyl (C=O) groups excluding carboxylic acids is 1. The summed E-state index contributed by atoms with van der Waals surface area (Å²) in [6, 6.07) is 0.557. The lowest BCUT2D eigenvalue weighted by atomic mass is 9.98. The van der Waals surface area contributed by atoms with Gasteiger partial charge in [0.2, 0.25) is 5.91 Å². The van der Waals surface area contributed by atoms with E-state index in [1.54, 1.807) is 22.0 Å². The number of aromatic nitrogens is 2. The Labute approximate surface area is 186 Å². The molecule has 1 amide bonds. The maximum atomic E-state index is 13.4. The highest BCUT2D eigenvalue weighted by molar-refractivity contribution is 7.99. The predicted molar refractivity (Wildman–Crippen MR) is 126 cm³/mol. The molecule has 2 atom stereocenters. The molecule has 1 aliphatic carbocycles. The molecule has 1 saturated heterocycles. The average molecular weight is 446 g/mol. The van der Waals surface area contributed by atoms with Gasteiger partial charge in [-0.2, -0.15) is 0 Å². The molecule has 2 aliphatic rings. The van der Waals surface area contributed by atoms with E-state index in [2.05, 4.69) is 20.4 Å². The van der Waals surface area contributed by atoms with Crippen LogP contribution in [0.2, 0.25) is 0 Å². The largest absolute Gasteiger partial charge is 0.337 e. The first kappa shape index (κ1) is 21.6. The molecule has 0 radical (unpaired) electrons. The molecule has 2 aromatic rings. The molecular weight excluding hydrogens is 414 g/mol. The molecule has 5 nitrogen and oxygen atoms in total. The molecule has 1 aliphatic heterocycles. The summed E-state index contributed by atoms with van der Waals surface area (Å²) in [5.41, 5.74) is 1.24. The number of piperidine rings is 1. The van der Waals surface area contributed by atoms with Gasteiger partial charge in [-0.05, 0) is 64.4 Å². The van der Waals surface area contributed by atoms with Crippen molar-refractivity contribution in [3.8, 4) is 0 Å². The Morgan fingerprint density at radius 3 is 2.67 bits per heavy atom. The van der Waals surface area contributed by atoms with Gasteiger partial charge in [0, 0.05) is 23.5 Å². The second-order valence-corrected chi connectivity index (χ2v) is 10.6. The van der Waals surface area contributed by atoms with Crippen molar-refractivity contribution in [3.05, 3.63) is 33.4 Å². The molecule has 162 valence electrons. The number of fused-ring (bicyclic) bond motifs is 3. The van der Waals surface area contributed by atoms with Gasteiger partial charge < -0.3 is 4.90 Å². The first-order valence-electron chi connectivity index (χ1n) is 11.1. The van der Waals surface area contributed by atoms with Gasteiger partial charge in [-0.3, -0.25) is 14.2 Å². The van der Waals surface area contributed by atoms with Crippen LogP contribution in [0, 0.1) is 0 Å². The normalized spacial score (nSPS) is 22.0. The minimum atomic E-state index is 0.0222. The molecule has 30 heavy (non-hydrogen) atoms. The molecule has 0 saturated carbocycles. The van der Waals surface area contributed by atoms with Crippen molar-refractivity contribution in [3.63, 3.8) is 0 Å². The van der Waals surface area contributed by atoms with Crippen LogP contribution in [0.3, 0.4) is 0 Å². The van der Waals surface area contributed by atoms with Crippen molar-refractivity contribution in [2.45, 2.75) is 89.0 Å². The molecule has 1 fully saturated rings. The van der Waals surface area contributed by atoms with Crippen molar-refractivity contribution < 1.29 is 4.79 Å². The number of hydrogen-bond acceptors (Lipinski definition) is 5. The van der Waals surface area contributed by atoms with Crippen LogP contribution in [0.5, 0.6) is 0 Å². The first-order chi connectivity index (χ1) is 14.5. The minimum absolute atomic E-state index is 0.0222. The fourth-order valence-corrected chi connectivity index (χ4v) is 7.09. The number of nitrogens with zero attached hydrogens (tertiary/aromatic N) is 3. The summed E-state index contributed by atoms with van der Waals surface area (Å²) in [5.74, 6) is 0.454. The highest BCUT2D eigenvalue weighted by atomic mass is 32.2. The minimum Gasteiger partial charge on any atom is -0.337 e. The Morgan fingerprint density at radius 1 is 1.20 bits per heavy atom. The van der Waals surface area contributed by atoms with Crippen LogP contribution in [-0.4, -0.2) is 38.2 Å². The summed E-state index contributed by atoms with van der Waals surface area (Å²) in [6.07, 6.45) is 10.6. The van der Waals surface area contributed by atoms with Crippen LogP contribution in [0.15, 0.2) is 22.6 Å². The van der Waals surface area contributed by atoms with Gasteiger partial charge in [0.05, 0.1) is 11.1 Å². The van der Waals surface area contributed by atoms with E-state index in [1.165, 1.54) is 41.5 Å². The van der Waals surface area contributed by atoms with E-state index in [-0.39, 0.29) is 23.6 Å². The lowest BCUT2D eigenvalue weighted by Crippen LogP contribution is -2.48. The van der Waals surface area contributed by atoms with Crippen molar-refractivity contribution in [1.82, 2.24) is 14.5 Å². The van der Waals surface area contributed by atoms with Crippen LogP contribution in [-0.2, 0) is 24.2 Å². The summed E-state index contributed by atoms with van der Waals surface area (Å²) in [6.45, 7) is 8.51. The molecule has 4 rings (SSSR count). The average Bonchev–Trinajstić information content (AvgIpc) is 2.90. The van der Waals surface area contributed by atoms with Crippen molar-refractivity contribution in [1.29, 1.82) is 0 Å². The highest BCUT2D eigenvalue weighted by Crippen LogP contribution is 2.34. The predicted octanol–water partition coefficient (Wildman–Crippen LogP) is 4.79. The number of amides is 1. The summed E-state index contributed by atoms with van der Waals surface area (Å²) in [7, 11) is 0. The van der Waals surface area contributed by atoms with Gasteiger partial charge in [-0.15, -0.1) is 17.9 Å². The van der Waals surface area contributed by atoms with E-state index >= 15 is 0 Å². The number of aryl methyl sites for hydroxylation is 2. The molecule has 0 aromatic carbocycles. The van der Waals surface area contributed by atoms with Crippen LogP contribution in [0.4, 0.5) is 0 Å². The number of likely N-dealkylation sites (tertiary alicyclic amines) is 1. The van der Waals surface area contributed by atoms with Gasteiger partial charge in [-0.25, -0.2) is 4.98 Å². The Hall–Kier alpha value is -1.60. The number of hydrogen-bond donors (Lipinski definition) is 0. The Bertz CT molecular complexity index is 1000. The van der Waals surface area contributed by atoms with Crippen LogP contribution >= 0.6 is 23.1 Å². The van der Waals surface area contributed by atoms with Gasteiger partial charge >= 0.3 is 0 Å². The standard InChI is InChI=1S/C23H31N3O2S2/c1-4-13-25-22(28)20-17-11-6-5-7-12-18(17)30-21(20)24-23(25)29-14-19(27)26-15(2)9-8-10-16(26)3/h4,15-16H,1,5-14H2,2-3H3. The monoisotopic (exact) mass is 445 g/mol. The number of thiophene rings is 1. The Balaban J connectivity index is 1.65. The van der Waals surface area contributed by atoms with E-state index in [1.807, 2.05) is 4.90 Å². The number of thioether (sulfide) groups is 1. The molecule has 0 spiro atoms. The SMILES string of the molecule is C=CCn1c(SCC(=O)N2C(C)CCCC2C)nc2sc3c(c2c1=O)CCCCC3. The maximum absolute atomic E-state index is 13.4. The second kappa shape index (κ2) is 9.27. The zero-order valence-corrected chi connectivity index (χ0v) is 19.6. The number of rotatable bonds is 5. The summed E-state index contributed by atoms with van der Waals surface area (Å²) >= 11 is 3.06. The summed E-state index contributed by atoms with van der Waals surface area (Å²) in [5, 5.41) is 1.43. The molecule has 2 aromatic heterocycles. The van der Waals surface area contributed by atoms with Crippen LogP contribution in [0.1, 0.15) is 62.8 Å². The zero-order valence-electron chi connectivity index (χ0n) is 18.0. The number of carbonyl (C=O) groups is 1. The third-order valence-electron chi connectivity index (χ3n) is 6.41. The molecule has 2 unspecified atom stereocenters. The topological polar surface area (TPSA) is 55.2 Å². The fraction of sp³-hybridized carbons (Fsp3) is 0.609.